The van der Waals surface area contributed by atoms with Crippen LogP contribution in [0.25, 0.3) is 0 Å². The van der Waals surface area contributed by atoms with Crippen molar-refractivity contribution in [1.29, 1.82) is 0 Å². The SMILES string of the molecule is C[C@@H](O)C[C@H](O)[C@@H](C)CCC1(C)OCCO1. The first-order chi connectivity index (χ1) is 7.43. The lowest BCUT2D eigenvalue weighted by Crippen LogP contribution is -2.29. The maximum atomic E-state index is 9.80. The minimum absolute atomic E-state index is 0.152. The Morgan fingerprint density at radius 1 is 1.19 bits per heavy atom. The van der Waals surface area contributed by atoms with E-state index in [0.717, 1.165) is 12.8 Å². The summed E-state index contributed by atoms with van der Waals surface area (Å²) in [7, 11) is 0. The molecule has 1 fully saturated rings. The molecule has 16 heavy (non-hydrogen) atoms. The number of aliphatic hydroxyl groups excluding tert-OH is 2. The van der Waals surface area contributed by atoms with E-state index in [0.29, 0.717) is 19.6 Å². The van der Waals surface area contributed by atoms with Gasteiger partial charge in [0.25, 0.3) is 0 Å². The zero-order chi connectivity index (χ0) is 12.2. The zero-order valence-electron chi connectivity index (χ0n) is 10.5. The Morgan fingerprint density at radius 2 is 1.75 bits per heavy atom. The molecule has 1 aliphatic rings. The predicted octanol–water partition coefficient (Wildman–Crippen LogP) is 1.30. The Balaban J connectivity index is 2.25. The van der Waals surface area contributed by atoms with Gasteiger partial charge >= 0.3 is 0 Å². The first kappa shape index (κ1) is 13.9. The van der Waals surface area contributed by atoms with Crippen LogP contribution in [0.1, 0.15) is 40.0 Å². The van der Waals surface area contributed by atoms with Crippen LogP contribution in [-0.4, -0.2) is 41.4 Å². The predicted molar refractivity (Wildman–Crippen MR) is 61.0 cm³/mol. The molecule has 1 heterocycles. The van der Waals surface area contributed by atoms with Crippen molar-refractivity contribution < 1.29 is 19.7 Å². The minimum atomic E-state index is -0.473. The highest BCUT2D eigenvalue weighted by atomic mass is 16.7. The molecule has 0 spiro atoms. The third-order valence-electron chi connectivity index (χ3n) is 3.19. The number of rotatable bonds is 6. The standard InChI is InChI=1S/C12H24O4/c1-9(11(14)8-10(2)13)4-5-12(3)15-6-7-16-12/h9-11,13-14H,4-8H2,1-3H3/t9-,10+,11-/m0/s1. The lowest BCUT2D eigenvalue weighted by atomic mass is 9.93. The molecule has 0 saturated carbocycles. The number of aliphatic hydroxyl groups is 2. The molecule has 0 amide bonds. The van der Waals surface area contributed by atoms with Crippen molar-refractivity contribution >= 4 is 0 Å². The Bertz CT molecular complexity index is 199. The van der Waals surface area contributed by atoms with Gasteiger partial charge in [0, 0.05) is 6.42 Å². The summed E-state index contributed by atoms with van der Waals surface area (Å²) >= 11 is 0. The third-order valence-corrected chi connectivity index (χ3v) is 3.19. The molecule has 0 aromatic rings. The van der Waals surface area contributed by atoms with Gasteiger partial charge in [-0.2, -0.15) is 0 Å². The number of hydrogen-bond acceptors (Lipinski definition) is 4. The summed E-state index contributed by atoms with van der Waals surface area (Å²) < 4.78 is 11.0. The van der Waals surface area contributed by atoms with Gasteiger partial charge in [0.15, 0.2) is 5.79 Å². The van der Waals surface area contributed by atoms with Gasteiger partial charge in [-0.1, -0.05) is 6.92 Å². The van der Waals surface area contributed by atoms with Crippen molar-refractivity contribution in [2.45, 2.75) is 58.0 Å². The van der Waals surface area contributed by atoms with Crippen molar-refractivity contribution in [3.63, 3.8) is 0 Å². The van der Waals surface area contributed by atoms with Gasteiger partial charge in [-0.15, -0.1) is 0 Å². The molecule has 96 valence electrons. The summed E-state index contributed by atoms with van der Waals surface area (Å²) in [5.41, 5.74) is 0. The van der Waals surface area contributed by atoms with Crippen LogP contribution in [-0.2, 0) is 9.47 Å². The second kappa shape index (κ2) is 5.96. The normalized spacial score (nSPS) is 25.3. The number of ether oxygens (including phenoxy) is 2. The lowest BCUT2D eigenvalue weighted by Gasteiger charge is -2.26. The highest BCUT2D eigenvalue weighted by molar-refractivity contribution is 4.73. The summed E-state index contributed by atoms with van der Waals surface area (Å²) in [5, 5.41) is 19.0. The van der Waals surface area contributed by atoms with Crippen LogP contribution >= 0.6 is 0 Å². The van der Waals surface area contributed by atoms with E-state index >= 15 is 0 Å². The van der Waals surface area contributed by atoms with Gasteiger partial charge in [0.05, 0.1) is 25.4 Å². The van der Waals surface area contributed by atoms with E-state index in [4.69, 9.17) is 9.47 Å². The van der Waals surface area contributed by atoms with E-state index in [1.165, 1.54) is 0 Å². The van der Waals surface area contributed by atoms with Crippen molar-refractivity contribution in [2.24, 2.45) is 5.92 Å². The van der Waals surface area contributed by atoms with Crippen LogP contribution in [0.3, 0.4) is 0 Å². The van der Waals surface area contributed by atoms with E-state index in [9.17, 15) is 10.2 Å². The van der Waals surface area contributed by atoms with Crippen LogP contribution in [0.2, 0.25) is 0 Å². The molecule has 1 rings (SSSR count). The van der Waals surface area contributed by atoms with Crippen molar-refractivity contribution in [3.8, 4) is 0 Å². The second-order valence-electron chi connectivity index (χ2n) is 5.00. The molecule has 0 aromatic carbocycles. The van der Waals surface area contributed by atoms with E-state index < -0.39 is 18.0 Å². The first-order valence-corrected chi connectivity index (χ1v) is 6.07. The molecule has 0 bridgehead atoms. The van der Waals surface area contributed by atoms with E-state index in [-0.39, 0.29) is 5.92 Å². The Morgan fingerprint density at radius 3 is 2.25 bits per heavy atom. The average Bonchev–Trinajstić information content (AvgIpc) is 2.61. The molecule has 4 nitrogen and oxygen atoms in total. The van der Waals surface area contributed by atoms with Gasteiger partial charge in [-0.05, 0) is 32.6 Å². The third kappa shape index (κ3) is 4.37. The van der Waals surface area contributed by atoms with Crippen LogP contribution < -0.4 is 0 Å². The minimum Gasteiger partial charge on any atom is -0.393 e. The molecular weight excluding hydrogens is 208 g/mol. The van der Waals surface area contributed by atoms with Gasteiger partial charge < -0.3 is 19.7 Å². The molecule has 3 atom stereocenters. The van der Waals surface area contributed by atoms with Gasteiger partial charge in [-0.25, -0.2) is 0 Å². The molecule has 4 heteroatoms. The summed E-state index contributed by atoms with van der Waals surface area (Å²) in [4.78, 5) is 0. The van der Waals surface area contributed by atoms with Crippen LogP contribution in [0, 0.1) is 5.92 Å². The van der Waals surface area contributed by atoms with E-state index in [2.05, 4.69) is 0 Å². The Hall–Kier alpha value is -0.160. The van der Waals surface area contributed by atoms with Crippen LogP contribution in [0.5, 0.6) is 0 Å². The molecule has 1 saturated heterocycles. The first-order valence-electron chi connectivity index (χ1n) is 6.07. The average molecular weight is 232 g/mol. The molecule has 2 N–H and O–H groups in total. The molecule has 0 aliphatic carbocycles. The fourth-order valence-corrected chi connectivity index (χ4v) is 1.97. The summed E-state index contributed by atoms with van der Waals surface area (Å²) in [6, 6.07) is 0. The fraction of sp³-hybridized carbons (Fsp3) is 1.00. The monoisotopic (exact) mass is 232 g/mol. The lowest BCUT2D eigenvalue weighted by molar-refractivity contribution is -0.150. The zero-order valence-corrected chi connectivity index (χ0v) is 10.5. The molecule has 0 radical (unpaired) electrons. The van der Waals surface area contributed by atoms with Gasteiger partial charge in [0.1, 0.15) is 0 Å². The maximum Gasteiger partial charge on any atom is 0.165 e. The largest absolute Gasteiger partial charge is 0.393 e. The van der Waals surface area contributed by atoms with Crippen LogP contribution in [0.4, 0.5) is 0 Å². The van der Waals surface area contributed by atoms with E-state index in [1.807, 2.05) is 13.8 Å². The second-order valence-corrected chi connectivity index (χ2v) is 5.00. The quantitative estimate of drug-likeness (QED) is 0.724. The molecule has 0 unspecified atom stereocenters. The summed E-state index contributed by atoms with van der Waals surface area (Å²) in [5.74, 6) is -0.321. The van der Waals surface area contributed by atoms with Crippen molar-refractivity contribution in [3.05, 3.63) is 0 Å². The Kier molecular flexibility index (Phi) is 5.18. The van der Waals surface area contributed by atoms with Gasteiger partial charge in [0.2, 0.25) is 0 Å². The summed E-state index contributed by atoms with van der Waals surface area (Å²) in [6.45, 7) is 6.93. The number of hydrogen-bond donors (Lipinski definition) is 2. The molecular formula is C12H24O4. The van der Waals surface area contributed by atoms with Crippen LogP contribution in [0.15, 0.2) is 0 Å². The summed E-state index contributed by atoms with van der Waals surface area (Å²) in [6.07, 6.45) is 1.15. The fourth-order valence-electron chi connectivity index (χ4n) is 1.97. The van der Waals surface area contributed by atoms with Crippen molar-refractivity contribution in [1.82, 2.24) is 0 Å². The highest BCUT2D eigenvalue weighted by Gasteiger charge is 2.31. The van der Waals surface area contributed by atoms with Crippen molar-refractivity contribution in [2.75, 3.05) is 13.2 Å². The molecule has 1 aliphatic heterocycles. The smallest absolute Gasteiger partial charge is 0.165 e. The maximum absolute atomic E-state index is 9.80. The van der Waals surface area contributed by atoms with Gasteiger partial charge in [-0.3, -0.25) is 0 Å². The molecule has 0 aromatic heterocycles. The highest BCUT2D eigenvalue weighted by Crippen LogP contribution is 2.27. The topological polar surface area (TPSA) is 58.9 Å². The van der Waals surface area contributed by atoms with E-state index in [1.54, 1.807) is 6.92 Å². The Labute approximate surface area is 97.6 Å².